The molecule has 0 spiro atoms. The fourth-order valence-electron chi connectivity index (χ4n) is 1.51. The number of rotatable bonds is 8. The lowest BCUT2D eigenvalue weighted by molar-refractivity contribution is -0.143. The van der Waals surface area contributed by atoms with E-state index in [2.05, 4.69) is 10.6 Å². The molecule has 0 heterocycles. The highest BCUT2D eigenvalue weighted by Crippen LogP contribution is 2.12. The average Bonchev–Trinajstić information content (AvgIpc) is 2.57. The summed E-state index contributed by atoms with van der Waals surface area (Å²) in [5, 5.41) is 4.67. The maximum atomic E-state index is 11.5. The molecule has 0 atom stereocenters. The summed E-state index contributed by atoms with van der Waals surface area (Å²) in [5.74, 6) is -0.773. The molecular weight excluding hydrogens is 300 g/mol. The number of carbonyl (C=O) groups is 3. The van der Waals surface area contributed by atoms with E-state index in [0.717, 1.165) is 11.3 Å². The van der Waals surface area contributed by atoms with E-state index in [1.807, 2.05) is 6.92 Å². The van der Waals surface area contributed by atoms with Crippen LogP contribution in [-0.2, 0) is 19.1 Å². The Balaban J connectivity index is 2.35. The lowest BCUT2D eigenvalue weighted by Gasteiger charge is -2.04. The van der Waals surface area contributed by atoms with Crippen LogP contribution in [0.1, 0.15) is 12.5 Å². The average molecular weight is 320 g/mol. The lowest BCUT2D eigenvalue weighted by atomic mass is 10.2. The van der Waals surface area contributed by atoms with E-state index in [-0.39, 0.29) is 12.5 Å². The zero-order valence-electron chi connectivity index (χ0n) is 13.1. The second kappa shape index (κ2) is 9.99. The smallest absolute Gasteiger partial charge is 0.331 e. The minimum absolute atomic E-state index is 0.158. The Morgan fingerprint density at radius 3 is 2.43 bits per heavy atom. The summed E-state index contributed by atoms with van der Waals surface area (Å²) in [6.45, 7) is 1.89. The molecule has 124 valence electrons. The van der Waals surface area contributed by atoms with Crippen LogP contribution in [0.4, 0.5) is 0 Å². The summed E-state index contributed by atoms with van der Waals surface area (Å²) in [6.07, 6.45) is 2.79. The van der Waals surface area contributed by atoms with E-state index in [1.54, 1.807) is 30.3 Å². The molecule has 0 aliphatic rings. The number of hydrogen-bond donors (Lipinski definition) is 2. The Morgan fingerprint density at radius 1 is 1.13 bits per heavy atom. The number of ether oxygens (including phenoxy) is 2. The summed E-state index contributed by atoms with van der Waals surface area (Å²) in [6, 6.07) is 7.18. The molecule has 2 amide bonds. The van der Waals surface area contributed by atoms with Crippen LogP contribution in [0.5, 0.6) is 5.75 Å². The molecule has 0 saturated carbocycles. The van der Waals surface area contributed by atoms with Gasteiger partial charge in [0.15, 0.2) is 6.61 Å². The fourth-order valence-corrected chi connectivity index (χ4v) is 1.51. The standard InChI is InChI=1S/C16H20N2O5/c1-3-22-13-7-4-12(5-8-13)6-9-16(21)23-11-15(20)18-10-14(19)17-2/h4-9H,3,10-11H2,1-2H3,(H,17,19)(H,18,20)/b9-6+. The molecule has 0 bridgehead atoms. The quantitative estimate of drug-likeness (QED) is 0.537. The number of benzene rings is 1. The molecule has 0 aliphatic heterocycles. The van der Waals surface area contributed by atoms with E-state index in [0.29, 0.717) is 6.61 Å². The van der Waals surface area contributed by atoms with Crippen molar-refractivity contribution >= 4 is 23.9 Å². The van der Waals surface area contributed by atoms with E-state index in [1.165, 1.54) is 13.1 Å². The molecule has 0 fully saturated rings. The fraction of sp³-hybridized carbons (Fsp3) is 0.312. The van der Waals surface area contributed by atoms with Crippen LogP contribution in [0.3, 0.4) is 0 Å². The zero-order chi connectivity index (χ0) is 17.1. The van der Waals surface area contributed by atoms with Crippen molar-refractivity contribution in [2.24, 2.45) is 0 Å². The van der Waals surface area contributed by atoms with Crippen molar-refractivity contribution in [3.8, 4) is 5.75 Å². The summed E-state index contributed by atoms with van der Waals surface area (Å²) in [5.41, 5.74) is 0.800. The van der Waals surface area contributed by atoms with Gasteiger partial charge in [-0.1, -0.05) is 12.1 Å². The van der Waals surface area contributed by atoms with E-state index in [9.17, 15) is 14.4 Å². The summed E-state index contributed by atoms with van der Waals surface area (Å²) >= 11 is 0. The van der Waals surface area contributed by atoms with Crippen LogP contribution in [0.15, 0.2) is 30.3 Å². The Bertz CT molecular complexity index is 566. The molecule has 1 aromatic rings. The molecule has 0 unspecified atom stereocenters. The Morgan fingerprint density at radius 2 is 1.83 bits per heavy atom. The first kappa shape index (κ1) is 18.2. The Labute approximate surface area is 134 Å². The number of nitrogens with one attached hydrogen (secondary N) is 2. The molecule has 1 aromatic carbocycles. The number of carbonyl (C=O) groups excluding carboxylic acids is 3. The van der Waals surface area contributed by atoms with Crippen LogP contribution in [-0.4, -0.2) is 44.6 Å². The highest BCUT2D eigenvalue weighted by Gasteiger charge is 2.06. The number of likely N-dealkylation sites (N-methyl/N-ethyl adjacent to an activating group) is 1. The molecule has 0 aromatic heterocycles. The van der Waals surface area contributed by atoms with Gasteiger partial charge in [0.2, 0.25) is 5.91 Å². The van der Waals surface area contributed by atoms with Gasteiger partial charge in [-0.3, -0.25) is 9.59 Å². The van der Waals surface area contributed by atoms with Crippen molar-refractivity contribution in [2.75, 3.05) is 26.8 Å². The third kappa shape index (κ3) is 7.66. The Hall–Kier alpha value is -2.83. The topological polar surface area (TPSA) is 93.7 Å². The molecular formula is C16H20N2O5. The maximum absolute atomic E-state index is 11.5. The highest BCUT2D eigenvalue weighted by atomic mass is 16.5. The molecule has 0 radical (unpaired) electrons. The number of amides is 2. The van der Waals surface area contributed by atoms with Gasteiger partial charge in [0.1, 0.15) is 5.75 Å². The highest BCUT2D eigenvalue weighted by molar-refractivity contribution is 5.90. The molecule has 7 heteroatoms. The molecule has 0 aliphatic carbocycles. The van der Waals surface area contributed by atoms with Crippen LogP contribution in [0.2, 0.25) is 0 Å². The number of esters is 1. The van der Waals surface area contributed by atoms with Crippen LogP contribution in [0.25, 0.3) is 6.08 Å². The van der Waals surface area contributed by atoms with Crippen LogP contribution < -0.4 is 15.4 Å². The minimum atomic E-state index is -0.644. The normalized spacial score (nSPS) is 10.2. The second-order valence-electron chi connectivity index (χ2n) is 4.39. The van der Waals surface area contributed by atoms with Crippen molar-refractivity contribution in [3.63, 3.8) is 0 Å². The molecule has 7 nitrogen and oxygen atoms in total. The first-order valence-electron chi connectivity index (χ1n) is 7.10. The number of hydrogen-bond acceptors (Lipinski definition) is 5. The molecule has 0 saturated heterocycles. The van der Waals surface area contributed by atoms with Crippen molar-refractivity contribution in [2.45, 2.75) is 6.92 Å². The van der Waals surface area contributed by atoms with Crippen molar-refractivity contribution < 1.29 is 23.9 Å². The molecule has 2 N–H and O–H groups in total. The monoisotopic (exact) mass is 320 g/mol. The van der Waals surface area contributed by atoms with Gasteiger partial charge in [0.05, 0.1) is 13.2 Å². The third-order valence-electron chi connectivity index (χ3n) is 2.67. The summed E-state index contributed by atoms with van der Waals surface area (Å²) in [7, 11) is 1.46. The summed E-state index contributed by atoms with van der Waals surface area (Å²) < 4.78 is 10.1. The first-order valence-corrected chi connectivity index (χ1v) is 7.10. The van der Waals surface area contributed by atoms with Crippen LogP contribution in [0, 0.1) is 0 Å². The molecule has 1 rings (SSSR count). The van der Waals surface area contributed by atoms with E-state index < -0.39 is 18.5 Å². The van der Waals surface area contributed by atoms with Gasteiger partial charge in [-0.2, -0.15) is 0 Å². The van der Waals surface area contributed by atoms with E-state index >= 15 is 0 Å². The second-order valence-corrected chi connectivity index (χ2v) is 4.39. The van der Waals surface area contributed by atoms with Crippen molar-refractivity contribution in [1.82, 2.24) is 10.6 Å². The van der Waals surface area contributed by atoms with Gasteiger partial charge in [0.25, 0.3) is 5.91 Å². The minimum Gasteiger partial charge on any atom is -0.494 e. The SMILES string of the molecule is CCOc1ccc(/C=C/C(=O)OCC(=O)NCC(=O)NC)cc1. The molecule has 23 heavy (non-hydrogen) atoms. The van der Waals surface area contributed by atoms with Gasteiger partial charge in [-0.25, -0.2) is 4.79 Å². The van der Waals surface area contributed by atoms with Crippen molar-refractivity contribution in [3.05, 3.63) is 35.9 Å². The van der Waals surface area contributed by atoms with Gasteiger partial charge in [-0.05, 0) is 30.7 Å². The third-order valence-corrected chi connectivity index (χ3v) is 2.67. The van der Waals surface area contributed by atoms with E-state index in [4.69, 9.17) is 9.47 Å². The van der Waals surface area contributed by atoms with Crippen molar-refractivity contribution in [1.29, 1.82) is 0 Å². The van der Waals surface area contributed by atoms with Gasteiger partial charge < -0.3 is 20.1 Å². The first-order chi connectivity index (χ1) is 11.0. The van der Waals surface area contributed by atoms with Gasteiger partial charge in [0, 0.05) is 13.1 Å². The predicted molar refractivity (Wildman–Crippen MR) is 84.7 cm³/mol. The largest absolute Gasteiger partial charge is 0.494 e. The van der Waals surface area contributed by atoms with Gasteiger partial charge in [-0.15, -0.1) is 0 Å². The van der Waals surface area contributed by atoms with Gasteiger partial charge >= 0.3 is 5.97 Å². The zero-order valence-corrected chi connectivity index (χ0v) is 13.1. The Kier molecular flexibility index (Phi) is 7.91. The summed E-state index contributed by atoms with van der Waals surface area (Å²) in [4.78, 5) is 33.8. The predicted octanol–water partition coefficient (Wildman–Crippen LogP) is 0.504. The van der Waals surface area contributed by atoms with Crippen LogP contribution >= 0.6 is 0 Å². The maximum Gasteiger partial charge on any atom is 0.331 e. The lowest BCUT2D eigenvalue weighted by Crippen LogP contribution is -2.37.